The van der Waals surface area contributed by atoms with Crippen LogP contribution < -0.4 is 4.90 Å². The zero-order valence-corrected chi connectivity index (χ0v) is 17.1. The Morgan fingerprint density at radius 3 is 2.64 bits per heavy atom. The lowest BCUT2D eigenvalue weighted by Crippen LogP contribution is -2.27. The van der Waals surface area contributed by atoms with Crippen molar-refractivity contribution in [3.8, 4) is 11.3 Å². The van der Waals surface area contributed by atoms with Gasteiger partial charge < -0.3 is 0 Å². The topological polar surface area (TPSA) is 57.1 Å². The first-order chi connectivity index (χ1) is 13.4. The molecule has 0 aliphatic carbocycles. The minimum Gasteiger partial charge on any atom is -0.278 e. The summed E-state index contributed by atoms with van der Waals surface area (Å²) in [4.78, 5) is 18.8. The lowest BCUT2D eigenvalue weighted by Gasteiger charge is -2.09. The number of amidine groups is 1. The highest BCUT2D eigenvalue weighted by atomic mass is 35.5. The first kappa shape index (κ1) is 19.1. The number of carbonyl (C=O) groups is 1. The van der Waals surface area contributed by atoms with Gasteiger partial charge in [-0.2, -0.15) is 0 Å². The highest BCUT2D eigenvalue weighted by Gasteiger charge is 2.35. The Kier molecular flexibility index (Phi) is 5.25. The van der Waals surface area contributed by atoms with Crippen molar-refractivity contribution in [1.82, 2.24) is 4.98 Å². The molecule has 0 unspecified atom stereocenters. The van der Waals surface area contributed by atoms with E-state index in [0.717, 1.165) is 17.3 Å². The SMILES string of the molecule is N=C1S/C(=C\c2ccccc2)C(=O)N1c1nc(-c2cc(F)c(Cl)cc2Cl)cs1. The third kappa shape index (κ3) is 3.58. The minimum atomic E-state index is -0.607. The summed E-state index contributed by atoms with van der Waals surface area (Å²) in [5.74, 6) is -0.933. The summed E-state index contributed by atoms with van der Waals surface area (Å²) < 4.78 is 13.8. The van der Waals surface area contributed by atoms with Crippen molar-refractivity contribution < 1.29 is 9.18 Å². The van der Waals surface area contributed by atoms with Gasteiger partial charge in [0, 0.05) is 10.9 Å². The Morgan fingerprint density at radius 2 is 1.89 bits per heavy atom. The van der Waals surface area contributed by atoms with Crippen molar-refractivity contribution in [2.75, 3.05) is 4.90 Å². The van der Waals surface area contributed by atoms with Crippen LogP contribution in [-0.2, 0) is 4.79 Å². The van der Waals surface area contributed by atoms with Crippen LogP contribution in [0.25, 0.3) is 17.3 Å². The molecule has 1 aliphatic rings. The van der Waals surface area contributed by atoms with Crippen LogP contribution >= 0.6 is 46.3 Å². The molecule has 1 N–H and O–H groups in total. The first-order valence-corrected chi connectivity index (χ1v) is 10.4. The normalized spacial score (nSPS) is 15.7. The number of hydrogen-bond donors (Lipinski definition) is 1. The predicted molar refractivity (Wildman–Crippen MR) is 115 cm³/mol. The van der Waals surface area contributed by atoms with Crippen LogP contribution in [-0.4, -0.2) is 16.1 Å². The molecule has 1 amide bonds. The van der Waals surface area contributed by atoms with Crippen molar-refractivity contribution in [3.63, 3.8) is 0 Å². The van der Waals surface area contributed by atoms with Crippen molar-refractivity contribution >= 4 is 68.6 Å². The van der Waals surface area contributed by atoms with E-state index in [4.69, 9.17) is 28.6 Å². The van der Waals surface area contributed by atoms with E-state index in [1.165, 1.54) is 28.4 Å². The van der Waals surface area contributed by atoms with E-state index in [-0.39, 0.29) is 21.1 Å². The Bertz CT molecular complexity index is 1130. The molecular formula is C19H10Cl2FN3OS2. The van der Waals surface area contributed by atoms with E-state index in [9.17, 15) is 9.18 Å². The summed E-state index contributed by atoms with van der Waals surface area (Å²) in [7, 11) is 0. The number of aromatic nitrogens is 1. The quantitative estimate of drug-likeness (QED) is 0.376. The van der Waals surface area contributed by atoms with E-state index in [1.54, 1.807) is 11.5 Å². The molecule has 1 aromatic heterocycles. The monoisotopic (exact) mass is 449 g/mol. The fraction of sp³-hybridized carbons (Fsp3) is 0. The number of anilines is 1. The van der Waals surface area contributed by atoms with Gasteiger partial charge in [0.25, 0.3) is 5.91 Å². The number of amides is 1. The van der Waals surface area contributed by atoms with Crippen LogP contribution in [0.4, 0.5) is 9.52 Å². The van der Waals surface area contributed by atoms with Crippen LogP contribution in [0, 0.1) is 11.2 Å². The molecule has 1 aliphatic heterocycles. The largest absolute Gasteiger partial charge is 0.278 e. The number of nitrogens with zero attached hydrogens (tertiary/aromatic N) is 2. The number of thiazole rings is 1. The molecule has 4 rings (SSSR count). The molecule has 4 nitrogen and oxygen atoms in total. The predicted octanol–water partition coefficient (Wildman–Crippen LogP) is 6.31. The van der Waals surface area contributed by atoms with Crippen LogP contribution in [0.5, 0.6) is 0 Å². The Labute approximate surface area is 178 Å². The lowest BCUT2D eigenvalue weighted by molar-refractivity contribution is -0.113. The van der Waals surface area contributed by atoms with Crippen molar-refractivity contribution in [3.05, 3.63) is 74.2 Å². The molecule has 0 spiro atoms. The third-order valence-corrected chi connectivity index (χ3v) is 6.21. The second-order valence-electron chi connectivity index (χ2n) is 5.73. The zero-order valence-electron chi connectivity index (χ0n) is 13.9. The van der Waals surface area contributed by atoms with Crippen molar-refractivity contribution in [2.45, 2.75) is 0 Å². The van der Waals surface area contributed by atoms with Crippen LogP contribution in [0.2, 0.25) is 10.0 Å². The molecule has 28 heavy (non-hydrogen) atoms. The molecular weight excluding hydrogens is 440 g/mol. The number of thioether (sulfide) groups is 1. The molecule has 0 bridgehead atoms. The summed E-state index contributed by atoms with van der Waals surface area (Å²) in [5.41, 5.74) is 1.65. The highest BCUT2D eigenvalue weighted by molar-refractivity contribution is 8.19. The van der Waals surface area contributed by atoms with Gasteiger partial charge in [0.2, 0.25) is 0 Å². The molecule has 2 heterocycles. The van der Waals surface area contributed by atoms with E-state index in [2.05, 4.69) is 4.98 Å². The Balaban J connectivity index is 1.66. The molecule has 140 valence electrons. The molecule has 3 aromatic rings. The number of nitrogens with one attached hydrogen (secondary N) is 1. The maximum absolute atomic E-state index is 13.8. The summed E-state index contributed by atoms with van der Waals surface area (Å²) in [6.45, 7) is 0. The molecule has 0 atom stereocenters. The van der Waals surface area contributed by atoms with Crippen molar-refractivity contribution in [1.29, 1.82) is 5.41 Å². The second-order valence-corrected chi connectivity index (χ2v) is 8.41. The summed E-state index contributed by atoms with van der Waals surface area (Å²) >= 11 is 14.1. The Morgan fingerprint density at radius 1 is 1.14 bits per heavy atom. The van der Waals surface area contributed by atoms with E-state index >= 15 is 0 Å². The van der Waals surface area contributed by atoms with Gasteiger partial charge in [-0.1, -0.05) is 53.5 Å². The van der Waals surface area contributed by atoms with Crippen molar-refractivity contribution in [2.24, 2.45) is 0 Å². The maximum Gasteiger partial charge on any atom is 0.273 e. The number of hydrogen-bond acceptors (Lipinski definition) is 5. The van der Waals surface area contributed by atoms with Gasteiger partial charge in [0.15, 0.2) is 10.3 Å². The maximum atomic E-state index is 13.8. The van der Waals surface area contributed by atoms with Crippen LogP contribution in [0.15, 0.2) is 52.7 Å². The Hall–Kier alpha value is -2.19. The molecule has 0 saturated carbocycles. The van der Waals surface area contributed by atoms with E-state index in [1.807, 2.05) is 30.3 Å². The van der Waals surface area contributed by atoms with Gasteiger partial charge in [0.05, 0.1) is 20.6 Å². The van der Waals surface area contributed by atoms with Gasteiger partial charge >= 0.3 is 0 Å². The zero-order chi connectivity index (χ0) is 19.8. The summed E-state index contributed by atoms with van der Waals surface area (Å²) in [5, 5.41) is 10.4. The molecule has 0 radical (unpaired) electrons. The van der Waals surface area contributed by atoms with Gasteiger partial charge in [-0.3, -0.25) is 10.2 Å². The second kappa shape index (κ2) is 7.67. The standard InChI is InChI=1S/C19H10Cl2FN3OS2/c20-12-8-13(21)14(22)7-11(12)15-9-27-19(24-15)25-17(26)16(28-18(25)23)6-10-4-2-1-3-5-10/h1-9,23H/b16-6-,23-18?. The highest BCUT2D eigenvalue weighted by Crippen LogP contribution is 2.39. The number of benzene rings is 2. The summed E-state index contributed by atoms with van der Waals surface area (Å²) in [6, 6.07) is 11.9. The van der Waals surface area contributed by atoms with Gasteiger partial charge in [-0.05, 0) is 35.5 Å². The summed E-state index contributed by atoms with van der Waals surface area (Å²) in [6.07, 6.45) is 1.74. The smallest absolute Gasteiger partial charge is 0.273 e. The third-order valence-electron chi connectivity index (χ3n) is 3.89. The average Bonchev–Trinajstić information content (AvgIpc) is 3.24. The first-order valence-electron chi connectivity index (χ1n) is 7.92. The van der Waals surface area contributed by atoms with Crippen LogP contribution in [0.1, 0.15) is 5.56 Å². The molecule has 9 heteroatoms. The van der Waals surface area contributed by atoms with Crippen LogP contribution in [0.3, 0.4) is 0 Å². The average molecular weight is 450 g/mol. The van der Waals surface area contributed by atoms with Gasteiger partial charge in [-0.15, -0.1) is 11.3 Å². The molecule has 1 saturated heterocycles. The van der Waals surface area contributed by atoms with E-state index < -0.39 is 5.82 Å². The van der Waals surface area contributed by atoms with Gasteiger partial charge in [-0.25, -0.2) is 14.3 Å². The number of halogens is 3. The van der Waals surface area contributed by atoms with E-state index in [0.29, 0.717) is 21.3 Å². The molecule has 1 fully saturated rings. The molecule has 2 aromatic carbocycles. The lowest BCUT2D eigenvalue weighted by atomic mass is 10.2. The fourth-order valence-electron chi connectivity index (χ4n) is 2.57. The fourth-order valence-corrected chi connectivity index (χ4v) is 4.78. The number of carbonyl (C=O) groups excluding carboxylic acids is 1. The van der Waals surface area contributed by atoms with Gasteiger partial charge in [0.1, 0.15) is 5.82 Å². The number of rotatable bonds is 3. The minimum absolute atomic E-state index is 0.0569.